The third kappa shape index (κ3) is 4.84. The molecule has 1 aromatic rings. The quantitative estimate of drug-likeness (QED) is 0.812. The van der Waals surface area contributed by atoms with Gasteiger partial charge in [-0.1, -0.05) is 17.7 Å². The maximum absolute atomic E-state index is 11.5. The molecule has 1 rings (SSSR count). The minimum atomic E-state index is -0.524. The fourth-order valence-electron chi connectivity index (χ4n) is 1.15. The van der Waals surface area contributed by atoms with E-state index in [2.05, 4.69) is 5.32 Å². The van der Waals surface area contributed by atoms with Gasteiger partial charge >= 0.3 is 6.09 Å². The molecule has 0 bridgehead atoms. The normalized spacial score (nSPS) is 11.1. The number of hydrogen-bond donors (Lipinski definition) is 1. The summed E-state index contributed by atoms with van der Waals surface area (Å²) in [6, 6.07) is 5.14. The summed E-state index contributed by atoms with van der Waals surface area (Å²) < 4.78 is 5.12. The molecule has 0 aromatic heterocycles. The fraction of sp³-hybridized carbons (Fsp3) is 0.417. The number of rotatable bonds is 2. The zero-order valence-electron chi connectivity index (χ0n) is 10.0. The van der Waals surface area contributed by atoms with Gasteiger partial charge in [-0.3, -0.25) is 5.32 Å². The smallest absolute Gasteiger partial charge is 0.412 e. The zero-order chi connectivity index (χ0) is 13.1. The van der Waals surface area contributed by atoms with Gasteiger partial charge < -0.3 is 4.74 Å². The first-order valence-electron chi connectivity index (χ1n) is 5.16. The summed E-state index contributed by atoms with van der Waals surface area (Å²) in [5.74, 6) is 0.339. The van der Waals surface area contributed by atoms with E-state index in [4.69, 9.17) is 27.9 Å². The van der Waals surface area contributed by atoms with Gasteiger partial charge in [0.2, 0.25) is 0 Å². The Morgan fingerprint density at radius 3 is 2.53 bits per heavy atom. The van der Waals surface area contributed by atoms with E-state index < -0.39 is 11.7 Å². The Morgan fingerprint density at radius 2 is 2.06 bits per heavy atom. The minimum absolute atomic E-state index is 0.339. The largest absolute Gasteiger partial charge is 0.444 e. The van der Waals surface area contributed by atoms with Gasteiger partial charge in [0.15, 0.2) is 0 Å². The highest BCUT2D eigenvalue weighted by atomic mass is 35.5. The Bertz CT molecular complexity index is 413. The lowest BCUT2D eigenvalue weighted by molar-refractivity contribution is 0.0636. The van der Waals surface area contributed by atoms with Crippen molar-refractivity contribution in [2.24, 2.45) is 0 Å². The van der Waals surface area contributed by atoms with Gasteiger partial charge in [-0.25, -0.2) is 4.79 Å². The lowest BCUT2D eigenvalue weighted by atomic mass is 10.2. The molecule has 0 radical (unpaired) electrons. The molecule has 0 unspecified atom stereocenters. The van der Waals surface area contributed by atoms with E-state index in [0.717, 1.165) is 5.56 Å². The molecule has 0 aliphatic carbocycles. The lowest BCUT2D eigenvalue weighted by Crippen LogP contribution is -2.27. The van der Waals surface area contributed by atoms with Crippen molar-refractivity contribution in [2.45, 2.75) is 32.3 Å². The molecule has 5 heteroatoms. The maximum atomic E-state index is 11.5. The average molecular weight is 276 g/mol. The van der Waals surface area contributed by atoms with E-state index in [1.165, 1.54) is 0 Å². The molecule has 0 aliphatic rings. The molecule has 0 saturated heterocycles. The second kappa shape index (κ2) is 5.61. The van der Waals surface area contributed by atoms with E-state index >= 15 is 0 Å². The molecular weight excluding hydrogens is 261 g/mol. The van der Waals surface area contributed by atoms with Crippen LogP contribution in [0.1, 0.15) is 26.3 Å². The first-order chi connectivity index (χ1) is 7.81. The van der Waals surface area contributed by atoms with Crippen molar-refractivity contribution in [3.8, 4) is 0 Å². The third-order valence-corrected chi connectivity index (χ3v) is 2.48. The van der Waals surface area contributed by atoms with Crippen LogP contribution in [-0.2, 0) is 10.6 Å². The third-order valence-electron chi connectivity index (χ3n) is 1.84. The minimum Gasteiger partial charge on any atom is -0.444 e. The highest BCUT2D eigenvalue weighted by molar-refractivity contribution is 6.32. The van der Waals surface area contributed by atoms with Crippen LogP contribution in [0.4, 0.5) is 10.5 Å². The molecule has 0 spiro atoms. The first kappa shape index (κ1) is 14.1. The highest BCUT2D eigenvalue weighted by Crippen LogP contribution is 2.22. The van der Waals surface area contributed by atoms with Crippen molar-refractivity contribution in [3.63, 3.8) is 0 Å². The van der Waals surface area contributed by atoms with Crippen molar-refractivity contribution >= 4 is 35.0 Å². The van der Waals surface area contributed by atoms with Gasteiger partial charge in [0.05, 0.1) is 0 Å². The summed E-state index contributed by atoms with van der Waals surface area (Å²) >= 11 is 11.7. The monoisotopic (exact) mass is 275 g/mol. The van der Waals surface area contributed by atoms with Crippen molar-refractivity contribution < 1.29 is 9.53 Å². The molecule has 1 N–H and O–H groups in total. The van der Waals surface area contributed by atoms with E-state index in [0.29, 0.717) is 16.6 Å². The molecule has 1 amide bonds. The summed E-state index contributed by atoms with van der Waals surface area (Å²) in [4.78, 5) is 11.5. The van der Waals surface area contributed by atoms with E-state index in [9.17, 15) is 4.79 Å². The standard InChI is InChI=1S/C12H15Cl2NO2/c1-12(2,3)17-11(16)15-9-5-4-8(7-13)10(14)6-9/h4-6H,7H2,1-3H3,(H,15,16). The van der Waals surface area contributed by atoms with Crippen molar-refractivity contribution in [3.05, 3.63) is 28.8 Å². The molecule has 17 heavy (non-hydrogen) atoms. The summed E-state index contributed by atoms with van der Waals surface area (Å²) in [7, 11) is 0. The van der Waals surface area contributed by atoms with Crippen LogP contribution >= 0.6 is 23.2 Å². The van der Waals surface area contributed by atoms with Crippen molar-refractivity contribution in [1.82, 2.24) is 0 Å². The Balaban J connectivity index is 2.69. The van der Waals surface area contributed by atoms with Gasteiger partial charge in [-0.05, 0) is 38.5 Å². The fourth-order valence-corrected chi connectivity index (χ4v) is 1.70. The molecule has 0 atom stereocenters. The second-order valence-corrected chi connectivity index (χ2v) is 5.24. The van der Waals surface area contributed by atoms with E-state index in [1.54, 1.807) is 39.0 Å². The summed E-state index contributed by atoms with van der Waals surface area (Å²) in [5.41, 5.74) is 0.880. The molecule has 0 saturated carbocycles. The second-order valence-electron chi connectivity index (χ2n) is 4.57. The van der Waals surface area contributed by atoms with Crippen LogP contribution in [0, 0.1) is 0 Å². The van der Waals surface area contributed by atoms with Crippen LogP contribution in [0.2, 0.25) is 5.02 Å². The predicted octanol–water partition coefficient (Wildman–Crippen LogP) is 4.43. The number of halogens is 2. The van der Waals surface area contributed by atoms with Crippen molar-refractivity contribution in [2.75, 3.05) is 5.32 Å². The lowest BCUT2D eigenvalue weighted by Gasteiger charge is -2.19. The van der Waals surface area contributed by atoms with E-state index in [-0.39, 0.29) is 0 Å². The number of hydrogen-bond acceptors (Lipinski definition) is 2. The number of ether oxygens (including phenoxy) is 1. The Kier molecular flexibility index (Phi) is 4.66. The van der Waals surface area contributed by atoms with Crippen LogP contribution in [-0.4, -0.2) is 11.7 Å². The Hall–Kier alpha value is -0.930. The topological polar surface area (TPSA) is 38.3 Å². The number of nitrogens with one attached hydrogen (secondary N) is 1. The highest BCUT2D eigenvalue weighted by Gasteiger charge is 2.16. The van der Waals surface area contributed by atoms with Gasteiger partial charge in [0.1, 0.15) is 5.60 Å². The van der Waals surface area contributed by atoms with Gasteiger partial charge in [-0.2, -0.15) is 0 Å². The maximum Gasteiger partial charge on any atom is 0.412 e. The molecule has 0 heterocycles. The number of amides is 1. The number of carbonyl (C=O) groups is 1. The average Bonchev–Trinajstić information content (AvgIpc) is 2.14. The number of benzene rings is 1. The molecular formula is C12H15Cl2NO2. The van der Waals surface area contributed by atoms with Crippen LogP contribution in [0.3, 0.4) is 0 Å². The SMILES string of the molecule is CC(C)(C)OC(=O)Nc1ccc(CCl)c(Cl)c1. The first-order valence-corrected chi connectivity index (χ1v) is 6.07. The van der Waals surface area contributed by atoms with Gasteiger partial charge in [-0.15, -0.1) is 11.6 Å². The van der Waals surface area contributed by atoms with Crippen LogP contribution in [0.25, 0.3) is 0 Å². The Morgan fingerprint density at radius 1 is 1.41 bits per heavy atom. The molecule has 1 aromatic carbocycles. The summed E-state index contributed by atoms with van der Waals surface area (Å²) in [6.45, 7) is 5.41. The number of alkyl halides is 1. The van der Waals surface area contributed by atoms with Gasteiger partial charge in [0.25, 0.3) is 0 Å². The van der Waals surface area contributed by atoms with Crippen molar-refractivity contribution in [1.29, 1.82) is 0 Å². The summed E-state index contributed by atoms with van der Waals surface area (Å²) in [5, 5.41) is 3.12. The van der Waals surface area contributed by atoms with Crippen LogP contribution < -0.4 is 5.32 Å². The molecule has 0 aliphatic heterocycles. The molecule has 3 nitrogen and oxygen atoms in total. The predicted molar refractivity (Wildman–Crippen MR) is 70.9 cm³/mol. The van der Waals surface area contributed by atoms with Crippen LogP contribution in [0.5, 0.6) is 0 Å². The number of anilines is 1. The Labute approximate surface area is 111 Å². The van der Waals surface area contributed by atoms with E-state index in [1.807, 2.05) is 0 Å². The number of carbonyl (C=O) groups excluding carboxylic acids is 1. The molecule has 94 valence electrons. The summed E-state index contributed by atoms with van der Waals surface area (Å²) in [6.07, 6.45) is -0.507. The van der Waals surface area contributed by atoms with Crippen LogP contribution in [0.15, 0.2) is 18.2 Å². The molecule has 0 fully saturated rings. The van der Waals surface area contributed by atoms with Gasteiger partial charge in [0, 0.05) is 16.6 Å². The zero-order valence-corrected chi connectivity index (χ0v) is 11.5.